The van der Waals surface area contributed by atoms with Crippen molar-refractivity contribution in [1.29, 1.82) is 0 Å². The molecule has 0 saturated carbocycles. The molecule has 0 aromatic heterocycles. The third kappa shape index (κ3) is 15.7. The summed E-state index contributed by atoms with van der Waals surface area (Å²) in [6, 6.07) is 0. The molecule has 0 amide bonds. The molecule has 2 N–H and O–H groups in total. The van der Waals surface area contributed by atoms with Gasteiger partial charge in [0.05, 0.1) is 0 Å². The molecule has 0 aliphatic carbocycles. The summed E-state index contributed by atoms with van der Waals surface area (Å²) in [6.45, 7) is 2.92. The van der Waals surface area contributed by atoms with Gasteiger partial charge >= 0.3 is 13.8 Å². The number of hydrogen-bond donors (Lipinski definition) is 2. The second-order valence-electron chi connectivity index (χ2n) is 1.07. The lowest BCUT2D eigenvalue weighted by atomic mass is 10.9. The highest BCUT2D eigenvalue weighted by atomic mass is 31.2. The standard InChI is InChI=1S/C2H5O5P.CH2O/c1-2(3)7-8(4,5)6;1-2/h1H3,(H2,4,5,6);1H2. The second-order valence-corrected chi connectivity index (χ2v) is 2.24. The molecule has 0 aromatic carbocycles. The van der Waals surface area contributed by atoms with Crippen LogP contribution in [0, 0.1) is 0 Å². The van der Waals surface area contributed by atoms with Gasteiger partial charge in [-0.2, -0.15) is 0 Å². The zero-order valence-corrected chi connectivity index (χ0v) is 6.08. The minimum Gasteiger partial charge on any atom is -0.371 e. The lowest BCUT2D eigenvalue weighted by Gasteiger charge is -1.98. The largest absolute Gasteiger partial charge is 0.526 e. The molecule has 0 atom stereocenters. The van der Waals surface area contributed by atoms with Crippen LogP contribution in [0.4, 0.5) is 0 Å². The minimum atomic E-state index is -4.57. The van der Waals surface area contributed by atoms with Crippen molar-refractivity contribution in [2.75, 3.05) is 0 Å². The Bertz CT molecular complexity index is 147. The summed E-state index contributed by atoms with van der Waals surface area (Å²) >= 11 is 0. The summed E-state index contributed by atoms with van der Waals surface area (Å²) in [6.07, 6.45) is 0. The average Bonchev–Trinajstić information content (AvgIpc) is 1.64. The number of phosphoric ester groups is 1. The van der Waals surface area contributed by atoms with Gasteiger partial charge in [-0.05, 0) is 0 Å². The fraction of sp³-hybridized carbons (Fsp3) is 0.333. The van der Waals surface area contributed by atoms with Crippen molar-refractivity contribution in [2.45, 2.75) is 6.92 Å². The summed E-state index contributed by atoms with van der Waals surface area (Å²) in [7, 11) is -4.57. The van der Waals surface area contributed by atoms with Gasteiger partial charge in [-0.25, -0.2) is 4.57 Å². The molecule has 60 valence electrons. The average molecular weight is 170 g/mol. The van der Waals surface area contributed by atoms with Crippen molar-refractivity contribution in [1.82, 2.24) is 0 Å². The smallest absolute Gasteiger partial charge is 0.371 e. The lowest BCUT2D eigenvalue weighted by molar-refractivity contribution is -0.133. The van der Waals surface area contributed by atoms with E-state index in [-0.39, 0.29) is 0 Å². The van der Waals surface area contributed by atoms with Gasteiger partial charge in [0.25, 0.3) is 0 Å². The molecule has 0 spiro atoms. The van der Waals surface area contributed by atoms with Gasteiger partial charge in [0, 0.05) is 6.92 Å². The van der Waals surface area contributed by atoms with Gasteiger partial charge in [0.15, 0.2) is 0 Å². The molecule has 0 aliphatic heterocycles. The predicted molar refractivity (Wildman–Crippen MR) is 30.9 cm³/mol. The third-order valence-electron chi connectivity index (χ3n) is 0.247. The van der Waals surface area contributed by atoms with Crippen LogP contribution in [0.15, 0.2) is 0 Å². The number of carbonyl (C=O) groups excluding carboxylic acids is 2. The van der Waals surface area contributed by atoms with E-state index in [0.717, 1.165) is 6.92 Å². The van der Waals surface area contributed by atoms with E-state index in [2.05, 4.69) is 4.52 Å². The second kappa shape index (κ2) is 5.10. The van der Waals surface area contributed by atoms with E-state index in [1.165, 1.54) is 0 Å². The third-order valence-corrected chi connectivity index (χ3v) is 0.742. The molecule has 0 rings (SSSR count). The minimum absolute atomic E-state index is 0.916. The monoisotopic (exact) mass is 170 g/mol. The molecular weight excluding hydrogens is 163 g/mol. The van der Waals surface area contributed by atoms with Crippen molar-refractivity contribution in [3.8, 4) is 0 Å². The van der Waals surface area contributed by atoms with Crippen molar-refractivity contribution < 1.29 is 28.5 Å². The fourth-order valence-electron chi connectivity index (χ4n) is 0.167. The molecule has 0 radical (unpaired) electrons. The van der Waals surface area contributed by atoms with Gasteiger partial charge in [-0.15, -0.1) is 0 Å². The summed E-state index contributed by atoms with van der Waals surface area (Å²) in [5.74, 6) is -0.988. The Morgan fingerprint density at radius 2 is 1.80 bits per heavy atom. The van der Waals surface area contributed by atoms with Crippen molar-refractivity contribution in [3.05, 3.63) is 0 Å². The van der Waals surface area contributed by atoms with Gasteiger partial charge in [-0.1, -0.05) is 0 Å². The van der Waals surface area contributed by atoms with Crippen LogP contribution in [0.1, 0.15) is 6.92 Å². The topological polar surface area (TPSA) is 101 Å². The first-order valence-electron chi connectivity index (χ1n) is 1.96. The maximum atomic E-state index is 9.74. The van der Waals surface area contributed by atoms with E-state index in [9.17, 15) is 9.36 Å². The fourth-order valence-corrected chi connectivity index (χ4v) is 0.502. The quantitative estimate of drug-likeness (QED) is 0.512. The number of rotatable bonds is 1. The van der Waals surface area contributed by atoms with Crippen LogP contribution < -0.4 is 0 Å². The molecule has 0 bridgehead atoms. The molecule has 0 unspecified atom stereocenters. The van der Waals surface area contributed by atoms with Crippen LogP contribution in [-0.4, -0.2) is 22.5 Å². The van der Waals surface area contributed by atoms with E-state index < -0.39 is 13.8 Å². The Hall–Kier alpha value is -0.710. The Balaban J connectivity index is 0. The van der Waals surface area contributed by atoms with Crippen LogP contribution in [0.2, 0.25) is 0 Å². The van der Waals surface area contributed by atoms with E-state index in [0.29, 0.717) is 0 Å². The van der Waals surface area contributed by atoms with Gasteiger partial charge in [-0.3, -0.25) is 14.6 Å². The zero-order chi connectivity index (χ0) is 8.78. The molecule has 0 aromatic rings. The Morgan fingerprint density at radius 3 is 1.80 bits per heavy atom. The van der Waals surface area contributed by atoms with E-state index in [4.69, 9.17) is 14.6 Å². The molecule has 6 nitrogen and oxygen atoms in total. The molecule has 0 saturated heterocycles. The first kappa shape index (κ1) is 12.0. The zero-order valence-electron chi connectivity index (χ0n) is 5.18. The first-order chi connectivity index (χ1) is 4.42. The lowest BCUT2D eigenvalue weighted by Crippen LogP contribution is -1.94. The van der Waals surface area contributed by atoms with Crippen LogP contribution in [-0.2, 0) is 18.7 Å². The van der Waals surface area contributed by atoms with Gasteiger partial charge < -0.3 is 9.32 Å². The molecule has 0 aliphatic rings. The molecule has 0 heterocycles. The summed E-state index contributed by atoms with van der Waals surface area (Å²) in [5, 5.41) is 0. The van der Waals surface area contributed by atoms with E-state index in [1.54, 1.807) is 0 Å². The van der Waals surface area contributed by atoms with Gasteiger partial charge in [0.2, 0.25) is 0 Å². The summed E-state index contributed by atoms with van der Waals surface area (Å²) in [4.78, 5) is 33.5. The number of phosphoric acid groups is 1. The summed E-state index contributed by atoms with van der Waals surface area (Å²) < 4.78 is 13.2. The highest BCUT2D eigenvalue weighted by Crippen LogP contribution is 2.35. The van der Waals surface area contributed by atoms with Crippen molar-refractivity contribution in [2.24, 2.45) is 0 Å². The number of carbonyl (C=O) groups is 2. The Morgan fingerprint density at radius 1 is 1.50 bits per heavy atom. The van der Waals surface area contributed by atoms with E-state index in [1.807, 2.05) is 6.79 Å². The van der Waals surface area contributed by atoms with E-state index >= 15 is 0 Å². The van der Waals surface area contributed by atoms with Crippen LogP contribution >= 0.6 is 7.82 Å². The SMILES string of the molecule is C=O.CC(=O)OP(=O)(O)O. The maximum Gasteiger partial charge on any atom is 0.526 e. The molecule has 7 heteroatoms. The highest BCUT2D eigenvalue weighted by Gasteiger charge is 2.16. The maximum absolute atomic E-state index is 9.74. The highest BCUT2D eigenvalue weighted by molar-refractivity contribution is 7.46. The normalized spacial score (nSPS) is 9.10. The predicted octanol–water partition coefficient (Wildman–Crippen LogP) is -0.543. The summed E-state index contributed by atoms with van der Waals surface area (Å²) in [5.41, 5.74) is 0. The van der Waals surface area contributed by atoms with Crippen LogP contribution in [0.25, 0.3) is 0 Å². The van der Waals surface area contributed by atoms with Gasteiger partial charge in [0.1, 0.15) is 6.79 Å². The Kier molecular flexibility index (Phi) is 6.13. The van der Waals surface area contributed by atoms with Crippen molar-refractivity contribution in [3.63, 3.8) is 0 Å². The Labute approximate surface area is 57.0 Å². The molecular formula is C3H7O6P. The first-order valence-corrected chi connectivity index (χ1v) is 3.49. The molecule has 10 heavy (non-hydrogen) atoms. The molecule has 0 fully saturated rings. The van der Waals surface area contributed by atoms with Crippen LogP contribution in [0.5, 0.6) is 0 Å². The number of hydrogen-bond acceptors (Lipinski definition) is 4. The van der Waals surface area contributed by atoms with Crippen LogP contribution in [0.3, 0.4) is 0 Å². The van der Waals surface area contributed by atoms with Crippen molar-refractivity contribution >= 4 is 20.6 Å².